The van der Waals surface area contributed by atoms with Gasteiger partial charge in [0.25, 0.3) is 10.2 Å². The van der Waals surface area contributed by atoms with E-state index in [0.29, 0.717) is 88.8 Å². The number of aryl methyl sites for hydroxylation is 2. The highest BCUT2D eigenvalue weighted by atomic mass is 32.2. The summed E-state index contributed by atoms with van der Waals surface area (Å²) in [7, 11) is -0.236. The number of hydrogen-bond donors (Lipinski definition) is 5. The van der Waals surface area contributed by atoms with E-state index in [1.165, 1.54) is 4.31 Å². The molecule has 6 aromatic rings. The van der Waals surface area contributed by atoms with Crippen LogP contribution in [0.3, 0.4) is 0 Å². The fraction of sp³-hybridized carbons (Fsp3) is 0.500. The van der Waals surface area contributed by atoms with E-state index in [2.05, 4.69) is 47.4 Å². The molecule has 0 saturated carbocycles. The molecule has 330 valence electrons. The average molecular weight is 878 g/mol. The highest BCUT2D eigenvalue weighted by molar-refractivity contribution is 7.87. The van der Waals surface area contributed by atoms with E-state index >= 15 is 0 Å². The first-order valence-electron chi connectivity index (χ1n) is 20.9. The number of nitrogens with zero attached hydrogens (tertiary/aromatic N) is 7. The number of para-hydroxylation sites is 2. The molecule has 1 saturated heterocycles. The number of rotatable bonds is 20. The molecule has 1 fully saturated rings. The monoisotopic (exact) mass is 877 g/mol. The van der Waals surface area contributed by atoms with Crippen molar-refractivity contribution in [2.45, 2.75) is 71.4 Å². The molecule has 0 radical (unpaired) electrons. The zero-order valence-electron chi connectivity index (χ0n) is 35.3. The predicted molar refractivity (Wildman–Crippen MR) is 243 cm³/mol. The van der Waals surface area contributed by atoms with Gasteiger partial charge in [0.15, 0.2) is 11.6 Å². The van der Waals surface area contributed by atoms with Gasteiger partial charge in [0, 0.05) is 77.1 Å². The van der Waals surface area contributed by atoms with Crippen molar-refractivity contribution >= 4 is 84.5 Å². The molecule has 17 nitrogen and oxygen atoms in total. The van der Waals surface area contributed by atoms with Crippen molar-refractivity contribution in [3.63, 3.8) is 0 Å². The largest absolute Gasteiger partial charge is 0.466 e. The van der Waals surface area contributed by atoms with Crippen molar-refractivity contribution in [3.8, 4) is 0 Å². The van der Waals surface area contributed by atoms with Crippen LogP contribution in [0.1, 0.15) is 57.1 Å². The molecule has 0 atom stereocenters. The van der Waals surface area contributed by atoms with Gasteiger partial charge >= 0.3 is 5.97 Å². The minimum Gasteiger partial charge on any atom is -0.466 e. The van der Waals surface area contributed by atoms with E-state index in [0.717, 1.165) is 88.8 Å². The Kier molecular flexibility index (Phi) is 16.5. The predicted octanol–water partition coefficient (Wildman–Crippen LogP) is 4.82. The third-order valence-electron chi connectivity index (χ3n) is 10.9. The fourth-order valence-corrected chi connectivity index (χ4v) is 9.25. The Labute approximate surface area is 362 Å². The Balaban J connectivity index is 0.000000223. The maximum Gasteiger partial charge on any atom is 0.309 e. The van der Waals surface area contributed by atoms with Gasteiger partial charge < -0.3 is 34.8 Å². The van der Waals surface area contributed by atoms with Crippen LogP contribution in [-0.2, 0) is 55.1 Å². The second-order valence-corrected chi connectivity index (χ2v) is 17.0. The van der Waals surface area contributed by atoms with Crippen molar-refractivity contribution < 1.29 is 27.4 Å². The first kappa shape index (κ1) is 45.9. The average Bonchev–Trinajstić information content (AvgIpc) is 3.83. The number of imidazole rings is 2. The number of esters is 1. The molecule has 6 N–H and O–H groups in total. The third-order valence-corrected chi connectivity index (χ3v) is 12.7. The number of piperidine rings is 1. The summed E-state index contributed by atoms with van der Waals surface area (Å²) in [6.07, 6.45) is 5.82. The van der Waals surface area contributed by atoms with E-state index in [4.69, 9.17) is 35.6 Å². The van der Waals surface area contributed by atoms with Crippen molar-refractivity contribution in [1.82, 2.24) is 42.8 Å². The Morgan fingerprint density at radius 1 is 0.770 bits per heavy atom. The summed E-state index contributed by atoms with van der Waals surface area (Å²) < 4.78 is 52.5. The zero-order chi connectivity index (χ0) is 43.4. The molecule has 2 aromatic carbocycles. The van der Waals surface area contributed by atoms with Crippen LogP contribution >= 0.6 is 12.8 Å². The Morgan fingerprint density at radius 2 is 1.26 bits per heavy atom. The van der Waals surface area contributed by atoms with E-state index in [1.807, 2.05) is 42.5 Å². The molecule has 0 aliphatic carbocycles. The fourth-order valence-electron chi connectivity index (χ4n) is 7.81. The van der Waals surface area contributed by atoms with Crippen LogP contribution in [0.2, 0.25) is 0 Å². The highest BCUT2D eigenvalue weighted by Crippen LogP contribution is 2.31. The van der Waals surface area contributed by atoms with E-state index in [1.54, 1.807) is 21.1 Å². The lowest BCUT2D eigenvalue weighted by molar-refractivity contribution is -0.149. The van der Waals surface area contributed by atoms with Gasteiger partial charge in [-0.15, -0.1) is 0 Å². The van der Waals surface area contributed by atoms with Crippen LogP contribution in [0, 0.1) is 5.92 Å². The number of methoxy groups -OCH3 is 2. The Hall–Kier alpha value is -4.63. The molecule has 7 rings (SSSR count). The molecule has 5 heterocycles. The van der Waals surface area contributed by atoms with Crippen molar-refractivity contribution in [2.75, 3.05) is 71.7 Å². The highest BCUT2D eigenvalue weighted by Gasteiger charge is 2.31. The number of nitrogen functional groups attached to an aromatic ring is 2. The minimum absolute atomic E-state index is 0.232. The molecule has 4 aromatic heterocycles. The van der Waals surface area contributed by atoms with Crippen molar-refractivity contribution in [3.05, 3.63) is 60.2 Å². The smallest absolute Gasteiger partial charge is 0.309 e. The summed E-state index contributed by atoms with van der Waals surface area (Å²) in [5, 5.41) is 2.07. The molecule has 0 unspecified atom stereocenters. The Bertz CT molecular complexity index is 2500. The number of nitrogens with one attached hydrogen (secondary N) is 2. The van der Waals surface area contributed by atoms with E-state index in [9.17, 15) is 13.2 Å². The number of nitrogens with two attached hydrogens (primary N) is 2. The van der Waals surface area contributed by atoms with Gasteiger partial charge in [-0.05, 0) is 57.6 Å². The molecule has 0 bridgehead atoms. The van der Waals surface area contributed by atoms with Gasteiger partial charge in [-0.2, -0.15) is 12.7 Å². The number of ether oxygens (including phenoxy) is 3. The number of anilines is 2. The van der Waals surface area contributed by atoms with E-state index < -0.39 is 10.2 Å². The molecule has 1 aliphatic heterocycles. The number of hydrogen-bond acceptors (Lipinski definition) is 14. The lowest BCUT2D eigenvalue weighted by Crippen LogP contribution is -2.46. The zero-order valence-corrected chi connectivity index (χ0v) is 37.0. The molecule has 19 heteroatoms. The summed E-state index contributed by atoms with van der Waals surface area (Å²) in [5.41, 5.74) is 17.6. The molecule has 0 spiro atoms. The van der Waals surface area contributed by atoms with Gasteiger partial charge in [-0.3, -0.25) is 9.52 Å². The molecular formula is C42H59N11O6S2. The SMILES string of the molecule is CCOC(=O)C1CCN(S(=O)(=O)NCCCCn2c(CCOC)nc3c(N)nc4ccccc4c32)CC1.COCCc1nc2c(N)nc3ccccc3c2n1CCCCNS. The second kappa shape index (κ2) is 21.9. The van der Waals surface area contributed by atoms with Crippen LogP contribution < -0.4 is 20.9 Å². The van der Waals surface area contributed by atoms with E-state index in [-0.39, 0.29) is 11.9 Å². The van der Waals surface area contributed by atoms with Crippen molar-refractivity contribution in [2.24, 2.45) is 5.92 Å². The van der Waals surface area contributed by atoms with Gasteiger partial charge in [0.1, 0.15) is 22.7 Å². The minimum atomic E-state index is -3.60. The lowest BCUT2D eigenvalue weighted by atomic mass is 9.98. The second-order valence-electron chi connectivity index (χ2n) is 14.9. The summed E-state index contributed by atoms with van der Waals surface area (Å²) in [6.45, 7) is 6.64. The summed E-state index contributed by atoms with van der Waals surface area (Å²) in [4.78, 5) is 30.5. The maximum atomic E-state index is 12.8. The Morgan fingerprint density at radius 3 is 1.74 bits per heavy atom. The summed E-state index contributed by atoms with van der Waals surface area (Å²) in [6, 6.07) is 15.9. The number of aromatic nitrogens is 6. The number of carbonyl (C=O) groups is 1. The summed E-state index contributed by atoms with van der Waals surface area (Å²) >= 11 is 4.05. The van der Waals surface area contributed by atoms with Gasteiger partial charge in [-0.1, -0.05) is 49.2 Å². The first-order chi connectivity index (χ1) is 29.6. The number of thiol groups is 1. The van der Waals surface area contributed by atoms with Crippen LogP contribution in [0.5, 0.6) is 0 Å². The topological polar surface area (TPSA) is 220 Å². The maximum absolute atomic E-state index is 12.8. The molecular weight excluding hydrogens is 819 g/mol. The van der Waals surface area contributed by atoms with Gasteiger partial charge in [0.05, 0.1) is 47.8 Å². The van der Waals surface area contributed by atoms with Gasteiger partial charge in [-0.25, -0.2) is 24.7 Å². The third kappa shape index (κ3) is 11.1. The quantitative estimate of drug-likeness (QED) is 0.0395. The molecule has 61 heavy (non-hydrogen) atoms. The number of carbonyl (C=O) groups excluding carboxylic acids is 1. The van der Waals surface area contributed by atoms with Crippen LogP contribution in [0.4, 0.5) is 11.6 Å². The molecule has 1 aliphatic rings. The standard InChI is InChI=1S/C25H36N6O5S.C17H23N5OS/c1-3-36-25(32)18-10-15-30(16-11-18)37(33,34)27-13-6-7-14-31-21(12-17-35-2)29-22-23(31)19-8-4-5-9-20(19)28-24(22)26;1-23-11-8-14-21-15-16(22(14)10-5-4-9-19-24)12-6-2-3-7-13(12)20-17(15)18/h4-5,8-9,18,27H,3,6-7,10-17H2,1-2H3,(H2,26,28);2-3,6-7,19,24H,4-5,8-11H2,1H3,(H2,18,20). The van der Waals surface area contributed by atoms with Crippen LogP contribution in [-0.4, -0.2) is 108 Å². The number of fused-ring (bicyclic) bond motifs is 6. The number of unbranched alkanes of at least 4 members (excludes halogenated alkanes) is 2. The van der Waals surface area contributed by atoms with Gasteiger partial charge in [0.2, 0.25) is 0 Å². The first-order valence-corrected chi connectivity index (χ1v) is 22.8. The van der Waals surface area contributed by atoms with Crippen molar-refractivity contribution in [1.29, 1.82) is 0 Å². The normalized spacial score (nSPS) is 14.0. The number of benzene rings is 2. The number of pyridine rings is 2. The molecule has 0 amide bonds. The van der Waals surface area contributed by atoms with Crippen LogP contribution in [0.25, 0.3) is 43.9 Å². The summed E-state index contributed by atoms with van der Waals surface area (Å²) in [5.74, 6) is 2.27. The van der Waals surface area contributed by atoms with Crippen LogP contribution in [0.15, 0.2) is 48.5 Å². The lowest BCUT2D eigenvalue weighted by Gasteiger charge is -2.30.